The second-order valence-electron chi connectivity index (χ2n) is 9.73. The molecule has 2 aromatic heterocycles. The van der Waals surface area contributed by atoms with Crippen LogP contribution < -0.4 is 14.0 Å². The van der Waals surface area contributed by atoms with Crippen molar-refractivity contribution in [2.24, 2.45) is 0 Å². The van der Waals surface area contributed by atoms with E-state index in [1.54, 1.807) is 0 Å². The molecule has 37 heavy (non-hydrogen) atoms. The minimum Gasteiger partial charge on any atom is -0.456 e. The molecule has 0 N–H and O–H groups in total. The van der Waals surface area contributed by atoms with Gasteiger partial charge in [0, 0.05) is 22.0 Å². The van der Waals surface area contributed by atoms with Gasteiger partial charge in [0.25, 0.3) is 0 Å². The van der Waals surface area contributed by atoms with E-state index in [4.69, 9.17) is 9.84 Å². The van der Waals surface area contributed by atoms with Gasteiger partial charge >= 0.3 is 5.66 Å². The summed E-state index contributed by atoms with van der Waals surface area (Å²) < 4.78 is 11.1. The quantitative estimate of drug-likeness (QED) is 0.310. The molecular formula is C32H20N4O+2. The number of nitrogens with zero attached hydrogens (tertiary/aromatic N) is 4. The van der Waals surface area contributed by atoms with Crippen molar-refractivity contribution in [1.29, 1.82) is 0 Å². The van der Waals surface area contributed by atoms with E-state index < -0.39 is 5.66 Å². The lowest BCUT2D eigenvalue weighted by atomic mass is 9.84. The van der Waals surface area contributed by atoms with Gasteiger partial charge in [-0.05, 0) is 52.6 Å². The fourth-order valence-electron chi connectivity index (χ4n) is 6.55. The van der Waals surface area contributed by atoms with Gasteiger partial charge in [-0.2, -0.15) is 4.57 Å². The number of fused-ring (bicyclic) bond motifs is 4. The molecule has 9 rings (SSSR count). The van der Waals surface area contributed by atoms with Gasteiger partial charge in [-0.1, -0.05) is 60.7 Å². The van der Waals surface area contributed by atoms with Crippen LogP contribution in [-0.2, 0) is 5.66 Å². The van der Waals surface area contributed by atoms with Crippen LogP contribution in [-0.4, -0.2) is 9.90 Å². The molecule has 0 bridgehead atoms. The molecule has 5 heterocycles. The summed E-state index contributed by atoms with van der Waals surface area (Å²) in [5.74, 6) is 1.75. The summed E-state index contributed by atoms with van der Waals surface area (Å²) in [6, 6.07) is 36.4. The molecule has 0 amide bonds. The molecule has 0 saturated carbocycles. The molecular weight excluding hydrogens is 456 g/mol. The van der Waals surface area contributed by atoms with Crippen molar-refractivity contribution in [3.8, 4) is 50.7 Å². The first kappa shape index (κ1) is 19.2. The van der Waals surface area contributed by atoms with Crippen LogP contribution >= 0.6 is 0 Å². The molecule has 4 aromatic carbocycles. The van der Waals surface area contributed by atoms with E-state index in [9.17, 15) is 0 Å². The average molecular weight is 477 g/mol. The molecule has 1 unspecified atom stereocenters. The molecule has 5 nitrogen and oxygen atoms in total. The molecule has 0 saturated heterocycles. The van der Waals surface area contributed by atoms with Crippen molar-refractivity contribution in [2.75, 3.05) is 0 Å². The fourth-order valence-corrected chi connectivity index (χ4v) is 6.55. The van der Waals surface area contributed by atoms with Gasteiger partial charge in [0.1, 0.15) is 22.6 Å². The summed E-state index contributed by atoms with van der Waals surface area (Å²) >= 11 is 0. The first-order chi connectivity index (χ1) is 18.4. The van der Waals surface area contributed by atoms with E-state index in [1.165, 1.54) is 27.8 Å². The zero-order valence-corrected chi connectivity index (χ0v) is 19.7. The highest BCUT2D eigenvalue weighted by molar-refractivity contribution is 5.89. The van der Waals surface area contributed by atoms with Crippen LogP contribution in [0, 0.1) is 0 Å². The van der Waals surface area contributed by atoms with E-state index in [0.29, 0.717) is 0 Å². The predicted molar refractivity (Wildman–Crippen MR) is 138 cm³/mol. The highest BCUT2D eigenvalue weighted by Gasteiger charge is 2.69. The van der Waals surface area contributed by atoms with Crippen molar-refractivity contribution < 1.29 is 14.0 Å². The Bertz CT molecular complexity index is 1910. The number of hydrogen-bond donors (Lipinski definition) is 0. The number of hydrogen-bond acceptors (Lipinski definition) is 2. The molecule has 172 valence electrons. The molecule has 0 radical (unpaired) electrons. The Kier molecular flexibility index (Phi) is 3.42. The van der Waals surface area contributed by atoms with Crippen molar-refractivity contribution >= 4 is 0 Å². The Balaban J connectivity index is 1.36. The van der Waals surface area contributed by atoms with Gasteiger partial charge in [-0.25, -0.2) is 0 Å². The molecule has 6 aromatic rings. The van der Waals surface area contributed by atoms with E-state index in [-0.39, 0.29) is 0 Å². The Labute approximate surface area is 213 Å². The summed E-state index contributed by atoms with van der Waals surface area (Å²) in [5, 5.41) is 4.86. The lowest BCUT2D eigenvalue weighted by Gasteiger charge is -2.26. The number of rotatable bonds is 2. The molecule has 0 fully saturated rings. The Morgan fingerprint density at radius 2 is 1.43 bits per heavy atom. The lowest BCUT2D eigenvalue weighted by Crippen LogP contribution is -2.62. The van der Waals surface area contributed by atoms with Crippen LogP contribution in [0.1, 0.15) is 11.1 Å². The molecule has 1 spiro atoms. The first-order valence-corrected chi connectivity index (χ1v) is 12.5. The highest BCUT2D eigenvalue weighted by Crippen LogP contribution is 2.58. The molecule has 3 aliphatic rings. The Morgan fingerprint density at radius 3 is 2.32 bits per heavy atom. The minimum absolute atomic E-state index is 0.644. The largest absolute Gasteiger partial charge is 0.456 e. The van der Waals surface area contributed by atoms with Crippen LogP contribution in [0.5, 0.6) is 11.5 Å². The third-order valence-electron chi connectivity index (χ3n) is 7.98. The standard InChI is InChI=1S/C32H20N4O/c1-2-7-21(8-3-1)22-12-14-23(15-13-22)24-16-17-28-31-29(24)25-9-4-5-19-34(25)32(31)30-26(10-6-11-27(30)37-28)35-20-18-33-36(32)35/h1-20H/q+2. The maximum absolute atomic E-state index is 6.59. The summed E-state index contributed by atoms with van der Waals surface area (Å²) in [7, 11) is 0. The number of benzene rings is 4. The Hall–Kier alpha value is -5.03. The van der Waals surface area contributed by atoms with Gasteiger partial charge in [0.05, 0.1) is 5.56 Å². The van der Waals surface area contributed by atoms with Crippen molar-refractivity contribution in [3.05, 3.63) is 133 Å². The molecule has 0 aliphatic carbocycles. The van der Waals surface area contributed by atoms with Crippen molar-refractivity contribution in [2.45, 2.75) is 5.66 Å². The van der Waals surface area contributed by atoms with Gasteiger partial charge in [-0.15, -0.1) is 4.68 Å². The van der Waals surface area contributed by atoms with Gasteiger partial charge in [-0.3, -0.25) is 0 Å². The average Bonchev–Trinajstić information content (AvgIpc) is 3.64. The summed E-state index contributed by atoms with van der Waals surface area (Å²) in [6.45, 7) is 0. The SMILES string of the molecule is c1ccc(-c2ccc(-c3ccc4c5c3-c3cccc[n+]3C53c5c(cccc5-[n+]5ccnn53)O4)cc2)cc1. The second-order valence-corrected chi connectivity index (χ2v) is 9.73. The smallest absolute Gasteiger partial charge is 0.379 e. The second kappa shape index (κ2) is 6.59. The van der Waals surface area contributed by atoms with Crippen molar-refractivity contribution in [3.63, 3.8) is 0 Å². The van der Waals surface area contributed by atoms with Crippen molar-refractivity contribution in [1.82, 2.24) is 9.90 Å². The minimum atomic E-state index is -0.644. The molecule has 3 aliphatic heterocycles. The summed E-state index contributed by atoms with van der Waals surface area (Å²) in [4.78, 5) is 2.10. The van der Waals surface area contributed by atoms with Gasteiger partial charge in [0.15, 0.2) is 18.1 Å². The van der Waals surface area contributed by atoms with Crippen LogP contribution in [0.3, 0.4) is 0 Å². The third-order valence-corrected chi connectivity index (χ3v) is 7.98. The predicted octanol–water partition coefficient (Wildman–Crippen LogP) is 5.48. The van der Waals surface area contributed by atoms with E-state index >= 15 is 0 Å². The van der Waals surface area contributed by atoms with Crippen LogP contribution in [0.4, 0.5) is 0 Å². The number of ether oxygens (including phenoxy) is 1. The topological polar surface area (TPSA) is 34.8 Å². The summed E-state index contributed by atoms with van der Waals surface area (Å²) in [5.41, 5.74) is 9.84. The van der Waals surface area contributed by atoms with E-state index in [1.807, 2.05) is 12.4 Å². The van der Waals surface area contributed by atoms with E-state index in [0.717, 1.165) is 34.0 Å². The third kappa shape index (κ3) is 2.19. The number of pyridine rings is 1. The normalized spacial score (nSPS) is 17.0. The number of aromatic nitrogens is 4. The van der Waals surface area contributed by atoms with Gasteiger partial charge < -0.3 is 4.74 Å². The maximum Gasteiger partial charge on any atom is 0.379 e. The van der Waals surface area contributed by atoms with Crippen LogP contribution in [0.25, 0.3) is 39.2 Å². The van der Waals surface area contributed by atoms with E-state index in [2.05, 4.69) is 123 Å². The fraction of sp³-hybridized carbons (Fsp3) is 0.0312. The monoisotopic (exact) mass is 476 g/mol. The summed E-state index contributed by atoms with van der Waals surface area (Å²) in [6.07, 6.45) is 6.06. The zero-order chi connectivity index (χ0) is 24.1. The van der Waals surface area contributed by atoms with Gasteiger partial charge in [0.2, 0.25) is 11.9 Å². The van der Waals surface area contributed by atoms with Crippen LogP contribution in [0.2, 0.25) is 0 Å². The Morgan fingerprint density at radius 1 is 0.649 bits per heavy atom. The molecule has 5 heteroatoms. The van der Waals surface area contributed by atoms with Crippen LogP contribution in [0.15, 0.2) is 122 Å². The maximum atomic E-state index is 6.59. The lowest BCUT2D eigenvalue weighted by molar-refractivity contribution is -0.789. The highest BCUT2D eigenvalue weighted by atomic mass is 16.5. The molecule has 1 atom stereocenters. The first-order valence-electron chi connectivity index (χ1n) is 12.5. The zero-order valence-electron chi connectivity index (χ0n) is 19.7.